The molecule has 0 amide bonds. The summed E-state index contributed by atoms with van der Waals surface area (Å²) in [5, 5.41) is 2.99. The molecule has 0 N–H and O–H groups in total. The third-order valence-corrected chi connectivity index (χ3v) is 3.64. The third-order valence-electron chi connectivity index (χ3n) is 3.03. The zero-order valence-corrected chi connectivity index (χ0v) is 11.2. The van der Waals surface area contributed by atoms with Crippen LogP contribution in [0.25, 0.3) is 21.9 Å². The molecule has 0 aliphatic carbocycles. The number of fused-ring (bicyclic) bond motifs is 1. The van der Waals surface area contributed by atoms with Gasteiger partial charge in [0.25, 0.3) is 0 Å². The van der Waals surface area contributed by atoms with E-state index in [0.29, 0.717) is 5.09 Å². The molecule has 0 saturated carbocycles. The predicted octanol–water partition coefficient (Wildman–Crippen LogP) is 4.18. The van der Waals surface area contributed by atoms with Gasteiger partial charge in [-0.15, -0.1) is 0 Å². The Morgan fingerprint density at radius 3 is 2.47 bits per heavy atom. The van der Waals surface area contributed by atoms with E-state index in [1.54, 1.807) is 0 Å². The molecule has 0 radical (unpaired) electrons. The lowest BCUT2D eigenvalue weighted by Gasteiger charge is -2.04. The highest BCUT2D eigenvalue weighted by Crippen LogP contribution is 2.26. The molecule has 0 bridgehead atoms. The summed E-state index contributed by atoms with van der Waals surface area (Å²) >= 11 is 1.43. The standard InChI is InChI=1S/C16H12O2S/c1-19-16-10-14(9-15(17)18-16)13-7-6-11-4-2-3-5-12(11)8-13/h2-10H,1H3. The van der Waals surface area contributed by atoms with Crippen LogP contribution in [0.15, 0.2) is 68.9 Å². The zero-order chi connectivity index (χ0) is 13.2. The average Bonchev–Trinajstić information content (AvgIpc) is 2.46. The molecule has 0 aliphatic heterocycles. The van der Waals surface area contributed by atoms with E-state index in [0.717, 1.165) is 11.1 Å². The molecule has 3 heteroatoms. The normalized spacial score (nSPS) is 10.8. The Kier molecular flexibility index (Phi) is 3.13. The Morgan fingerprint density at radius 1 is 0.895 bits per heavy atom. The van der Waals surface area contributed by atoms with E-state index in [2.05, 4.69) is 24.3 Å². The van der Waals surface area contributed by atoms with Gasteiger partial charge in [0, 0.05) is 6.07 Å². The van der Waals surface area contributed by atoms with Crippen molar-refractivity contribution >= 4 is 22.5 Å². The highest BCUT2D eigenvalue weighted by atomic mass is 32.2. The van der Waals surface area contributed by atoms with Crippen LogP contribution in [0, 0.1) is 0 Å². The zero-order valence-electron chi connectivity index (χ0n) is 10.4. The first-order chi connectivity index (χ1) is 9.26. The second-order valence-electron chi connectivity index (χ2n) is 4.25. The molecule has 0 spiro atoms. The summed E-state index contributed by atoms with van der Waals surface area (Å²) in [5.41, 5.74) is 1.61. The fourth-order valence-corrected chi connectivity index (χ4v) is 2.50. The molecule has 94 valence electrons. The van der Waals surface area contributed by atoms with Crippen molar-refractivity contribution in [3.05, 3.63) is 65.0 Å². The van der Waals surface area contributed by atoms with Crippen LogP contribution >= 0.6 is 11.8 Å². The van der Waals surface area contributed by atoms with Crippen molar-refractivity contribution in [3.63, 3.8) is 0 Å². The molecule has 0 fully saturated rings. The van der Waals surface area contributed by atoms with Gasteiger partial charge in [-0.1, -0.05) is 48.2 Å². The molecule has 1 aromatic heterocycles. The number of hydrogen-bond donors (Lipinski definition) is 0. The molecule has 1 heterocycles. The smallest absolute Gasteiger partial charge is 0.337 e. The summed E-state index contributed by atoms with van der Waals surface area (Å²) in [6.07, 6.45) is 1.89. The van der Waals surface area contributed by atoms with Crippen LogP contribution in [0.1, 0.15) is 0 Å². The summed E-state index contributed by atoms with van der Waals surface area (Å²) in [6, 6.07) is 17.8. The van der Waals surface area contributed by atoms with Gasteiger partial charge in [0.1, 0.15) is 0 Å². The molecule has 0 unspecified atom stereocenters. The Balaban J connectivity index is 2.18. The van der Waals surface area contributed by atoms with Crippen molar-refractivity contribution in [2.75, 3.05) is 6.26 Å². The summed E-state index contributed by atoms with van der Waals surface area (Å²) < 4.78 is 5.08. The molecule has 3 aromatic rings. The van der Waals surface area contributed by atoms with Crippen molar-refractivity contribution in [2.24, 2.45) is 0 Å². The van der Waals surface area contributed by atoms with E-state index in [1.165, 1.54) is 28.6 Å². The van der Waals surface area contributed by atoms with Crippen LogP contribution in [0.2, 0.25) is 0 Å². The minimum atomic E-state index is -0.310. The first-order valence-electron chi connectivity index (χ1n) is 5.94. The van der Waals surface area contributed by atoms with Crippen molar-refractivity contribution in [1.29, 1.82) is 0 Å². The van der Waals surface area contributed by atoms with E-state index in [4.69, 9.17) is 4.42 Å². The topological polar surface area (TPSA) is 30.2 Å². The fraction of sp³-hybridized carbons (Fsp3) is 0.0625. The lowest BCUT2D eigenvalue weighted by Crippen LogP contribution is -1.97. The van der Waals surface area contributed by atoms with Crippen molar-refractivity contribution in [2.45, 2.75) is 5.09 Å². The largest absolute Gasteiger partial charge is 0.416 e. The lowest BCUT2D eigenvalue weighted by atomic mass is 10.0. The Bertz CT molecular complexity index is 790. The quantitative estimate of drug-likeness (QED) is 0.653. The predicted molar refractivity (Wildman–Crippen MR) is 79.7 cm³/mol. The van der Waals surface area contributed by atoms with Crippen LogP contribution in [0.5, 0.6) is 0 Å². The summed E-state index contributed by atoms with van der Waals surface area (Å²) in [5.74, 6) is 0. The molecule has 2 nitrogen and oxygen atoms in total. The number of thioether (sulfide) groups is 1. The van der Waals surface area contributed by atoms with E-state index in [-0.39, 0.29) is 5.63 Å². The maximum Gasteiger partial charge on any atom is 0.337 e. The van der Waals surface area contributed by atoms with Gasteiger partial charge >= 0.3 is 5.63 Å². The van der Waals surface area contributed by atoms with Crippen LogP contribution in [-0.4, -0.2) is 6.26 Å². The Labute approximate surface area is 115 Å². The fourth-order valence-electron chi connectivity index (χ4n) is 2.09. The Morgan fingerprint density at radius 2 is 1.68 bits per heavy atom. The maximum atomic E-state index is 11.5. The second kappa shape index (κ2) is 4.94. The molecule has 19 heavy (non-hydrogen) atoms. The van der Waals surface area contributed by atoms with Gasteiger partial charge in [0.2, 0.25) is 0 Å². The average molecular weight is 268 g/mol. The van der Waals surface area contributed by atoms with Crippen LogP contribution in [0.3, 0.4) is 0 Å². The van der Waals surface area contributed by atoms with Gasteiger partial charge in [-0.3, -0.25) is 0 Å². The summed E-state index contributed by atoms with van der Waals surface area (Å²) in [7, 11) is 0. The highest BCUT2D eigenvalue weighted by Gasteiger charge is 2.04. The van der Waals surface area contributed by atoms with Gasteiger partial charge in [0.05, 0.1) is 0 Å². The van der Waals surface area contributed by atoms with Gasteiger partial charge < -0.3 is 4.42 Å². The van der Waals surface area contributed by atoms with E-state index < -0.39 is 0 Å². The first kappa shape index (κ1) is 12.1. The maximum absolute atomic E-state index is 11.5. The SMILES string of the molecule is CSc1cc(-c2ccc3ccccc3c2)cc(=O)o1. The second-order valence-corrected chi connectivity index (χ2v) is 5.06. The van der Waals surface area contributed by atoms with Gasteiger partial charge in [-0.25, -0.2) is 4.79 Å². The van der Waals surface area contributed by atoms with Crippen LogP contribution in [0.4, 0.5) is 0 Å². The Hall–Kier alpha value is -2.00. The van der Waals surface area contributed by atoms with E-state index in [1.807, 2.05) is 30.5 Å². The van der Waals surface area contributed by atoms with Crippen molar-refractivity contribution < 1.29 is 4.42 Å². The molecule has 3 rings (SSSR count). The third kappa shape index (κ3) is 2.42. The molecule has 0 atom stereocenters. The molecule has 0 aliphatic rings. The monoisotopic (exact) mass is 268 g/mol. The lowest BCUT2D eigenvalue weighted by molar-refractivity contribution is 0.423. The van der Waals surface area contributed by atoms with Crippen molar-refractivity contribution in [3.8, 4) is 11.1 Å². The minimum absolute atomic E-state index is 0.310. The van der Waals surface area contributed by atoms with E-state index >= 15 is 0 Å². The highest BCUT2D eigenvalue weighted by molar-refractivity contribution is 7.98. The van der Waals surface area contributed by atoms with Gasteiger partial charge in [-0.05, 0) is 40.3 Å². The first-order valence-corrected chi connectivity index (χ1v) is 7.17. The molecular weight excluding hydrogens is 256 g/mol. The van der Waals surface area contributed by atoms with Gasteiger partial charge in [-0.2, -0.15) is 0 Å². The minimum Gasteiger partial charge on any atom is -0.416 e. The molecule has 2 aromatic carbocycles. The van der Waals surface area contributed by atoms with Gasteiger partial charge in [0.15, 0.2) is 5.09 Å². The molecule has 0 saturated heterocycles. The van der Waals surface area contributed by atoms with Crippen molar-refractivity contribution in [1.82, 2.24) is 0 Å². The van der Waals surface area contributed by atoms with Crippen LogP contribution < -0.4 is 5.63 Å². The van der Waals surface area contributed by atoms with Crippen LogP contribution in [-0.2, 0) is 0 Å². The van der Waals surface area contributed by atoms with E-state index in [9.17, 15) is 4.79 Å². The summed E-state index contributed by atoms with van der Waals surface area (Å²) in [6.45, 7) is 0. The number of rotatable bonds is 2. The number of hydrogen-bond acceptors (Lipinski definition) is 3. The molecular formula is C16H12O2S. The summed E-state index contributed by atoms with van der Waals surface area (Å²) in [4.78, 5) is 11.5. The number of benzene rings is 2.